The van der Waals surface area contributed by atoms with Gasteiger partial charge in [-0.3, -0.25) is 4.79 Å². The molecule has 33 heavy (non-hydrogen) atoms. The van der Waals surface area contributed by atoms with E-state index in [1.807, 2.05) is 53.2 Å². The van der Waals surface area contributed by atoms with Crippen LogP contribution in [0.4, 0.5) is 0 Å². The van der Waals surface area contributed by atoms with Crippen LogP contribution in [0.2, 0.25) is 5.02 Å². The normalized spacial score (nSPS) is 12.2. The summed E-state index contributed by atoms with van der Waals surface area (Å²) in [5.74, 6) is 0.275. The Morgan fingerprint density at radius 1 is 1.00 bits per heavy atom. The Kier molecular flexibility index (Phi) is 7.80. The van der Waals surface area contributed by atoms with Crippen LogP contribution in [0, 0.1) is 0 Å². The molecule has 0 aliphatic carbocycles. The lowest BCUT2D eigenvalue weighted by Gasteiger charge is -2.14. The van der Waals surface area contributed by atoms with E-state index in [1.165, 1.54) is 6.26 Å². The second kappa shape index (κ2) is 10.2. The molecule has 0 N–H and O–H groups in total. The Morgan fingerprint density at radius 2 is 1.67 bits per heavy atom. The van der Waals surface area contributed by atoms with Gasteiger partial charge in [0.15, 0.2) is 0 Å². The molecule has 0 saturated carbocycles. The van der Waals surface area contributed by atoms with Gasteiger partial charge < -0.3 is 0 Å². The molecule has 0 amide bonds. The first kappa shape index (κ1) is 25.2. The minimum absolute atomic E-state index is 0.110. The minimum Gasteiger partial charge on any atom is -0.299 e. The summed E-state index contributed by atoms with van der Waals surface area (Å²) in [7, 11) is -2.99. The second-order valence-electron chi connectivity index (χ2n) is 9.57. The predicted molar refractivity (Wildman–Crippen MR) is 134 cm³/mol. The van der Waals surface area contributed by atoms with Gasteiger partial charge in [-0.1, -0.05) is 62.7 Å². The summed E-state index contributed by atoms with van der Waals surface area (Å²) in [6.45, 7) is 6.35. The first-order valence-corrected chi connectivity index (χ1v) is 13.5. The lowest BCUT2D eigenvalue weighted by atomic mass is 9.92. The van der Waals surface area contributed by atoms with E-state index < -0.39 is 9.84 Å². The topological polar surface area (TPSA) is 69.0 Å². The molecule has 0 aliphatic rings. The molecule has 1 aromatic heterocycles. The summed E-state index contributed by atoms with van der Waals surface area (Å²) in [6.07, 6.45) is 3.07. The first-order chi connectivity index (χ1) is 15.4. The van der Waals surface area contributed by atoms with Gasteiger partial charge in [0.25, 0.3) is 0 Å². The highest BCUT2D eigenvalue weighted by atomic mass is 35.5. The molecule has 176 valence electrons. The maximum absolute atomic E-state index is 12.7. The maximum atomic E-state index is 12.7. The molecule has 3 aromatic rings. The highest BCUT2D eigenvalue weighted by Crippen LogP contribution is 2.25. The number of nitrogens with zero attached hydrogens (tertiary/aromatic N) is 2. The number of Topliss-reactive ketones (excluding diaryl/α,β-unsaturated/α-hetero) is 1. The van der Waals surface area contributed by atoms with Gasteiger partial charge in [0.05, 0.1) is 17.1 Å². The summed E-state index contributed by atoms with van der Waals surface area (Å²) < 4.78 is 24.6. The van der Waals surface area contributed by atoms with Crippen LogP contribution >= 0.6 is 11.6 Å². The van der Waals surface area contributed by atoms with E-state index in [4.69, 9.17) is 16.7 Å². The third kappa shape index (κ3) is 7.54. The standard InChI is InChI=1S/C26H31ClN2O3S/c1-26(2,3)25-18-23(29(28-25)22-7-5-6-21(27)17-22)12-13-24(30)16-20-10-8-19(9-11-20)14-15-33(4,31)32/h5-11,17-18H,12-16H2,1-4H3. The summed E-state index contributed by atoms with van der Waals surface area (Å²) >= 11 is 6.19. The quantitative estimate of drug-likeness (QED) is 0.419. The number of aromatic nitrogens is 2. The second-order valence-corrected chi connectivity index (χ2v) is 12.3. The van der Waals surface area contributed by atoms with Gasteiger partial charge in [-0.2, -0.15) is 5.10 Å². The van der Waals surface area contributed by atoms with Crippen molar-refractivity contribution in [3.05, 3.63) is 82.1 Å². The van der Waals surface area contributed by atoms with Gasteiger partial charge in [-0.05, 0) is 48.2 Å². The van der Waals surface area contributed by atoms with Gasteiger partial charge >= 0.3 is 0 Å². The van der Waals surface area contributed by atoms with Crippen molar-refractivity contribution >= 4 is 27.2 Å². The number of ketones is 1. The summed E-state index contributed by atoms with van der Waals surface area (Å²) in [5, 5.41) is 5.44. The third-order valence-corrected chi connectivity index (χ3v) is 6.63. The minimum atomic E-state index is -2.99. The molecule has 0 atom stereocenters. The van der Waals surface area contributed by atoms with E-state index in [0.29, 0.717) is 30.7 Å². The number of benzene rings is 2. The lowest BCUT2D eigenvalue weighted by molar-refractivity contribution is -0.118. The molecule has 3 rings (SSSR count). The van der Waals surface area contributed by atoms with Crippen molar-refractivity contribution in [3.63, 3.8) is 0 Å². The highest BCUT2D eigenvalue weighted by Gasteiger charge is 2.21. The van der Waals surface area contributed by atoms with Crippen LogP contribution in [0.3, 0.4) is 0 Å². The molecule has 1 heterocycles. The Hall–Kier alpha value is -2.44. The van der Waals surface area contributed by atoms with Crippen LogP contribution in [0.1, 0.15) is 49.7 Å². The summed E-state index contributed by atoms with van der Waals surface area (Å²) in [5.41, 5.74) is 4.60. The average Bonchev–Trinajstić information content (AvgIpc) is 3.16. The molecule has 5 nitrogen and oxygen atoms in total. The number of sulfone groups is 1. The number of hydrogen-bond acceptors (Lipinski definition) is 4. The van der Waals surface area contributed by atoms with Crippen molar-refractivity contribution < 1.29 is 13.2 Å². The molecule has 0 radical (unpaired) electrons. The first-order valence-electron chi connectivity index (χ1n) is 11.0. The number of aryl methyl sites for hydroxylation is 2. The maximum Gasteiger partial charge on any atom is 0.147 e. The van der Waals surface area contributed by atoms with Crippen LogP contribution in [-0.2, 0) is 39.3 Å². The van der Waals surface area contributed by atoms with Crippen molar-refractivity contribution in [2.45, 2.75) is 51.9 Å². The number of carbonyl (C=O) groups excluding carboxylic acids is 1. The Bertz CT molecular complexity index is 1220. The Labute approximate surface area is 201 Å². The zero-order valence-corrected chi connectivity index (χ0v) is 21.2. The zero-order valence-electron chi connectivity index (χ0n) is 19.6. The fourth-order valence-corrected chi connectivity index (χ4v) is 4.30. The average molecular weight is 487 g/mol. The van der Waals surface area contributed by atoms with Crippen molar-refractivity contribution in [2.24, 2.45) is 0 Å². The summed E-state index contributed by atoms with van der Waals surface area (Å²) in [6, 6.07) is 17.2. The van der Waals surface area contributed by atoms with Crippen LogP contribution in [0.25, 0.3) is 5.69 Å². The van der Waals surface area contributed by atoms with Crippen LogP contribution < -0.4 is 0 Å². The molecule has 0 bridgehead atoms. The molecule has 0 saturated heterocycles. The molecule has 2 aromatic carbocycles. The number of rotatable bonds is 9. The predicted octanol–water partition coefficient (Wildman–Crippen LogP) is 5.15. The Balaban J connectivity index is 1.68. The zero-order chi connectivity index (χ0) is 24.2. The van der Waals surface area contributed by atoms with Gasteiger partial charge in [-0.25, -0.2) is 13.1 Å². The third-order valence-electron chi connectivity index (χ3n) is 5.45. The van der Waals surface area contributed by atoms with Gasteiger partial charge in [0.1, 0.15) is 15.6 Å². The molecule has 0 aliphatic heterocycles. The molecule has 0 unspecified atom stereocenters. The van der Waals surface area contributed by atoms with Gasteiger partial charge in [0, 0.05) is 35.2 Å². The molecular weight excluding hydrogens is 456 g/mol. The van der Waals surface area contributed by atoms with Crippen molar-refractivity contribution in [1.82, 2.24) is 9.78 Å². The lowest BCUT2D eigenvalue weighted by Crippen LogP contribution is -2.12. The molecular formula is C26H31ClN2O3S. The fourth-order valence-electron chi connectivity index (χ4n) is 3.51. The van der Waals surface area contributed by atoms with E-state index >= 15 is 0 Å². The van der Waals surface area contributed by atoms with E-state index in [2.05, 4.69) is 26.8 Å². The van der Waals surface area contributed by atoms with Gasteiger partial charge in [-0.15, -0.1) is 0 Å². The molecule has 7 heteroatoms. The van der Waals surface area contributed by atoms with Crippen molar-refractivity contribution in [2.75, 3.05) is 12.0 Å². The monoisotopic (exact) mass is 486 g/mol. The van der Waals surface area contributed by atoms with E-state index in [9.17, 15) is 13.2 Å². The summed E-state index contributed by atoms with van der Waals surface area (Å²) in [4.78, 5) is 12.7. The van der Waals surface area contributed by atoms with E-state index in [0.717, 1.165) is 28.2 Å². The van der Waals surface area contributed by atoms with Crippen LogP contribution in [-0.4, -0.2) is 36.0 Å². The van der Waals surface area contributed by atoms with Crippen molar-refractivity contribution in [1.29, 1.82) is 0 Å². The van der Waals surface area contributed by atoms with E-state index in [-0.39, 0.29) is 17.0 Å². The van der Waals surface area contributed by atoms with Gasteiger partial charge in [0.2, 0.25) is 0 Å². The highest BCUT2D eigenvalue weighted by molar-refractivity contribution is 7.90. The Morgan fingerprint density at radius 3 is 2.27 bits per heavy atom. The van der Waals surface area contributed by atoms with Crippen LogP contribution in [0.15, 0.2) is 54.6 Å². The smallest absolute Gasteiger partial charge is 0.147 e. The van der Waals surface area contributed by atoms with Crippen molar-refractivity contribution in [3.8, 4) is 5.69 Å². The number of hydrogen-bond donors (Lipinski definition) is 0. The largest absolute Gasteiger partial charge is 0.299 e. The van der Waals surface area contributed by atoms with E-state index in [1.54, 1.807) is 0 Å². The molecule has 0 spiro atoms. The number of carbonyl (C=O) groups is 1. The SMILES string of the molecule is CC(C)(C)c1cc(CCC(=O)Cc2ccc(CCS(C)(=O)=O)cc2)n(-c2cccc(Cl)c2)n1. The number of halogens is 1. The fraction of sp³-hybridized carbons (Fsp3) is 0.385. The molecule has 0 fully saturated rings. The van der Waals surface area contributed by atoms with Crippen LogP contribution in [0.5, 0.6) is 0 Å².